The van der Waals surface area contributed by atoms with Crippen LogP contribution in [-0.4, -0.2) is 31.6 Å². The first-order chi connectivity index (χ1) is 16.3. The predicted octanol–water partition coefficient (Wildman–Crippen LogP) is 5.52. The van der Waals surface area contributed by atoms with Crippen molar-refractivity contribution in [3.63, 3.8) is 0 Å². The summed E-state index contributed by atoms with van der Waals surface area (Å²) in [6.07, 6.45) is 6.47. The number of carbonyl (C=O) groups excluding carboxylic acids is 1. The average molecular weight is 470 g/mol. The highest BCUT2D eigenvalue weighted by atomic mass is 32.2. The van der Waals surface area contributed by atoms with Gasteiger partial charge < -0.3 is 5.32 Å². The smallest absolute Gasteiger partial charge is 0.235 e. The van der Waals surface area contributed by atoms with E-state index in [1.165, 1.54) is 22.9 Å². The minimum atomic E-state index is -0.114. The van der Waals surface area contributed by atoms with Crippen molar-refractivity contribution in [1.29, 1.82) is 0 Å². The lowest BCUT2D eigenvalue weighted by atomic mass is 10.0. The SMILES string of the molecule is O=C(CSc1ncnc2c1sc1nc(-c3ccccc3)c3c(c12)CCC3)Nc1ccccn1. The molecular weight excluding hydrogens is 450 g/mol. The van der Waals surface area contributed by atoms with Crippen molar-refractivity contribution < 1.29 is 4.79 Å². The van der Waals surface area contributed by atoms with Gasteiger partial charge in [-0.1, -0.05) is 48.2 Å². The van der Waals surface area contributed by atoms with E-state index in [2.05, 4.69) is 44.5 Å². The molecule has 0 radical (unpaired) electrons. The molecule has 0 bridgehead atoms. The van der Waals surface area contributed by atoms with E-state index in [1.807, 2.05) is 18.2 Å². The molecule has 6 nitrogen and oxygen atoms in total. The Labute approximate surface area is 198 Å². The van der Waals surface area contributed by atoms with Gasteiger partial charge in [0.25, 0.3) is 0 Å². The minimum absolute atomic E-state index is 0.114. The number of nitrogens with one attached hydrogen (secondary N) is 1. The number of thiophene rings is 1. The number of nitrogens with zero attached hydrogens (tertiary/aromatic N) is 4. The normalized spacial score (nSPS) is 12.8. The molecule has 5 aromatic rings. The fourth-order valence-electron chi connectivity index (χ4n) is 4.36. The highest BCUT2D eigenvalue weighted by Crippen LogP contribution is 2.43. The van der Waals surface area contributed by atoms with Crippen molar-refractivity contribution in [2.45, 2.75) is 24.3 Å². The van der Waals surface area contributed by atoms with Gasteiger partial charge in [0.05, 0.1) is 21.7 Å². The van der Waals surface area contributed by atoms with Crippen molar-refractivity contribution in [3.8, 4) is 11.3 Å². The van der Waals surface area contributed by atoms with Crippen LogP contribution in [0.5, 0.6) is 0 Å². The van der Waals surface area contributed by atoms with Gasteiger partial charge in [0, 0.05) is 17.1 Å². The van der Waals surface area contributed by atoms with Crippen LogP contribution < -0.4 is 5.32 Å². The molecule has 4 heterocycles. The number of fused-ring (bicyclic) bond motifs is 5. The summed E-state index contributed by atoms with van der Waals surface area (Å²) in [7, 11) is 0. The van der Waals surface area contributed by atoms with Crippen LogP contribution in [0.3, 0.4) is 0 Å². The van der Waals surface area contributed by atoms with E-state index in [4.69, 9.17) is 4.98 Å². The molecule has 0 saturated heterocycles. The molecule has 1 aliphatic carbocycles. The number of pyridine rings is 2. The third kappa shape index (κ3) is 3.75. The van der Waals surface area contributed by atoms with Crippen LogP contribution in [0, 0.1) is 0 Å². The molecule has 8 heteroatoms. The van der Waals surface area contributed by atoms with Crippen molar-refractivity contribution in [2.24, 2.45) is 0 Å². The van der Waals surface area contributed by atoms with Crippen LogP contribution >= 0.6 is 23.1 Å². The number of thioether (sulfide) groups is 1. The summed E-state index contributed by atoms with van der Waals surface area (Å²) in [5.74, 6) is 0.681. The van der Waals surface area contributed by atoms with Gasteiger partial charge in [0.15, 0.2) is 0 Å². The molecule has 1 amide bonds. The second-order valence-electron chi connectivity index (χ2n) is 7.83. The molecule has 4 aromatic heterocycles. The summed E-state index contributed by atoms with van der Waals surface area (Å²) in [4.78, 5) is 31.8. The number of benzene rings is 1. The molecule has 0 atom stereocenters. The summed E-state index contributed by atoms with van der Waals surface area (Å²) < 4.78 is 0.995. The van der Waals surface area contributed by atoms with Crippen LogP contribution in [0.15, 0.2) is 66.1 Å². The zero-order chi connectivity index (χ0) is 22.2. The topological polar surface area (TPSA) is 80.7 Å². The highest BCUT2D eigenvalue weighted by Gasteiger charge is 2.25. The van der Waals surface area contributed by atoms with Gasteiger partial charge in [0.1, 0.15) is 22.0 Å². The summed E-state index contributed by atoms with van der Waals surface area (Å²) in [6.45, 7) is 0. The third-order valence-corrected chi connectivity index (χ3v) is 7.96. The van der Waals surface area contributed by atoms with E-state index >= 15 is 0 Å². The van der Waals surface area contributed by atoms with Crippen LogP contribution in [0.25, 0.3) is 31.7 Å². The maximum absolute atomic E-state index is 12.4. The molecule has 0 unspecified atom stereocenters. The first kappa shape index (κ1) is 20.3. The fraction of sp³-hybridized carbons (Fsp3) is 0.160. The summed E-state index contributed by atoms with van der Waals surface area (Å²) in [6, 6.07) is 15.8. The first-order valence-corrected chi connectivity index (χ1v) is 12.6. The molecular formula is C25H19N5OS2. The molecule has 33 heavy (non-hydrogen) atoms. The van der Waals surface area contributed by atoms with Gasteiger partial charge in [0.2, 0.25) is 5.91 Å². The monoisotopic (exact) mass is 469 g/mol. The number of hydrogen-bond donors (Lipinski definition) is 1. The van der Waals surface area contributed by atoms with E-state index in [1.54, 1.807) is 29.9 Å². The molecule has 1 aromatic carbocycles. The highest BCUT2D eigenvalue weighted by molar-refractivity contribution is 8.00. The third-order valence-electron chi connectivity index (χ3n) is 5.76. The standard InChI is InChI=1S/C25H19N5OS2/c31-19(29-18-11-4-5-12-26-18)13-32-25-23-22(27-14-28-25)20-16-9-6-10-17(16)21(30-24(20)33-23)15-7-2-1-3-8-15/h1-5,7-8,11-12,14H,6,9-10,13H2,(H,26,29,31). The first-order valence-electron chi connectivity index (χ1n) is 10.8. The zero-order valence-electron chi connectivity index (χ0n) is 17.6. The molecule has 0 saturated carbocycles. The molecule has 1 aliphatic rings. The maximum atomic E-state index is 12.4. The molecule has 1 N–H and O–H groups in total. The molecule has 162 valence electrons. The fourth-order valence-corrected chi connectivity index (χ4v) is 6.40. The van der Waals surface area contributed by atoms with Crippen LogP contribution in [-0.2, 0) is 17.6 Å². The van der Waals surface area contributed by atoms with E-state index < -0.39 is 0 Å². The van der Waals surface area contributed by atoms with Gasteiger partial charge in [-0.05, 0) is 42.5 Å². The summed E-state index contributed by atoms with van der Waals surface area (Å²) >= 11 is 3.04. The Balaban J connectivity index is 1.38. The predicted molar refractivity (Wildman–Crippen MR) is 134 cm³/mol. The van der Waals surface area contributed by atoms with Crippen molar-refractivity contribution >= 4 is 55.3 Å². The quantitative estimate of drug-likeness (QED) is 0.270. The number of anilines is 1. The Morgan fingerprint density at radius 2 is 1.85 bits per heavy atom. The Morgan fingerprint density at radius 1 is 1.00 bits per heavy atom. The number of aromatic nitrogens is 4. The maximum Gasteiger partial charge on any atom is 0.235 e. The Morgan fingerprint density at radius 3 is 2.70 bits per heavy atom. The van der Waals surface area contributed by atoms with Crippen molar-refractivity contribution in [1.82, 2.24) is 19.9 Å². The van der Waals surface area contributed by atoms with Gasteiger partial charge in [-0.15, -0.1) is 11.3 Å². The van der Waals surface area contributed by atoms with Crippen molar-refractivity contribution in [2.75, 3.05) is 11.1 Å². The van der Waals surface area contributed by atoms with Gasteiger partial charge in [-0.2, -0.15) is 0 Å². The number of hydrogen-bond acceptors (Lipinski definition) is 7. The van der Waals surface area contributed by atoms with E-state index in [-0.39, 0.29) is 11.7 Å². The molecule has 0 fully saturated rings. The van der Waals surface area contributed by atoms with Gasteiger partial charge in [-0.3, -0.25) is 4.79 Å². The van der Waals surface area contributed by atoms with E-state index in [0.29, 0.717) is 5.82 Å². The largest absolute Gasteiger partial charge is 0.310 e. The lowest BCUT2D eigenvalue weighted by molar-refractivity contribution is -0.113. The van der Waals surface area contributed by atoms with Crippen LogP contribution in [0.2, 0.25) is 0 Å². The lowest BCUT2D eigenvalue weighted by Crippen LogP contribution is -2.14. The second-order valence-corrected chi connectivity index (χ2v) is 9.79. The number of aryl methyl sites for hydroxylation is 1. The Bertz CT molecular complexity index is 1490. The number of rotatable bonds is 5. The molecule has 0 aliphatic heterocycles. The van der Waals surface area contributed by atoms with Gasteiger partial charge in [-0.25, -0.2) is 19.9 Å². The lowest BCUT2D eigenvalue weighted by Gasteiger charge is -2.09. The minimum Gasteiger partial charge on any atom is -0.310 e. The zero-order valence-corrected chi connectivity index (χ0v) is 19.2. The second kappa shape index (κ2) is 8.53. The van der Waals surface area contributed by atoms with Crippen LogP contribution in [0.1, 0.15) is 17.5 Å². The van der Waals surface area contributed by atoms with Gasteiger partial charge >= 0.3 is 0 Å². The van der Waals surface area contributed by atoms with E-state index in [9.17, 15) is 4.79 Å². The summed E-state index contributed by atoms with van der Waals surface area (Å²) in [5, 5.41) is 4.79. The van der Waals surface area contributed by atoms with Crippen molar-refractivity contribution in [3.05, 3.63) is 72.2 Å². The summed E-state index contributed by atoms with van der Waals surface area (Å²) in [5.41, 5.74) is 5.90. The Kier molecular flexibility index (Phi) is 5.24. The Hall–Kier alpha value is -3.36. The van der Waals surface area contributed by atoms with E-state index in [0.717, 1.165) is 56.0 Å². The number of carbonyl (C=O) groups is 1. The number of amides is 1. The van der Waals surface area contributed by atoms with Crippen LogP contribution in [0.4, 0.5) is 5.82 Å². The molecule has 0 spiro atoms. The molecule has 6 rings (SSSR count). The average Bonchev–Trinajstić information content (AvgIpc) is 3.48.